The lowest BCUT2D eigenvalue weighted by Crippen LogP contribution is -2.21. The molecule has 8 heteroatoms. The molecule has 0 atom stereocenters. The van der Waals surface area contributed by atoms with E-state index in [1.807, 2.05) is 25.1 Å². The Labute approximate surface area is 215 Å². The molecule has 190 valence electrons. The Morgan fingerprint density at radius 3 is 2.43 bits per heavy atom. The number of aromatic nitrogens is 2. The number of benzene rings is 3. The van der Waals surface area contributed by atoms with Gasteiger partial charge in [0.2, 0.25) is 0 Å². The number of carbonyl (C=O) groups excluding carboxylic acids is 1. The molecular formula is C29H29N3O5. The van der Waals surface area contributed by atoms with E-state index in [0.29, 0.717) is 28.0 Å². The number of esters is 1. The minimum atomic E-state index is -0.501. The van der Waals surface area contributed by atoms with Gasteiger partial charge < -0.3 is 14.2 Å². The summed E-state index contributed by atoms with van der Waals surface area (Å²) < 4.78 is 17.6. The first-order chi connectivity index (χ1) is 17.7. The average molecular weight is 500 g/mol. The summed E-state index contributed by atoms with van der Waals surface area (Å²) in [5.41, 5.74) is 3.35. The summed E-state index contributed by atoms with van der Waals surface area (Å²) in [6.07, 6.45) is 1.46. The lowest BCUT2D eigenvalue weighted by Gasteiger charge is -2.17. The van der Waals surface area contributed by atoms with Crippen molar-refractivity contribution in [2.24, 2.45) is 5.10 Å². The van der Waals surface area contributed by atoms with Crippen LogP contribution in [0.3, 0.4) is 0 Å². The van der Waals surface area contributed by atoms with Crippen molar-refractivity contribution < 1.29 is 19.0 Å². The van der Waals surface area contributed by atoms with E-state index in [2.05, 4.69) is 18.9 Å². The Kier molecular flexibility index (Phi) is 7.38. The van der Waals surface area contributed by atoms with Crippen LogP contribution in [0.4, 0.5) is 0 Å². The van der Waals surface area contributed by atoms with Crippen LogP contribution in [-0.2, 0) is 4.79 Å². The van der Waals surface area contributed by atoms with Gasteiger partial charge in [0.05, 0.1) is 31.3 Å². The quantitative estimate of drug-likeness (QED) is 0.194. The van der Waals surface area contributed by atoms with Crippen LogP contribution in [-0.4, -0.2) is 36.1 Å². The Hall–Kier alpha value is -4.46. The predicted molar refractivity (Wildman–Crippen MR) is 144 cm³/mol. The first-order valence-corrected chi connectivity index (χ1v) is 11.9. The summed E-state index contributed by atoms with van der Waals surface area (Å²) in [6, 6.07) is 16.2. The molecule has 37 heavy (non-hydrogen) atoms. The Balaban J connectivity index is 1.99. The highest BCUT2D eigenvalue weighted by Crippen LogP contribution is 2.34. The van der Waals surface area contributed by atoms with Gasteiger partial charge in [-0.3, -0.25) is 9.59 Å². The second kappa shape index (κ2) is 10.7. The molecule has 4 aromatic rings. The largest absolute Gasteiger partial charge is 0.496 e. The van der Waals surface area contributed by atoms with Crippen molar-refractivity contribution in [1.82, 2.24) is 9.66 Å². The number of carbonyl (C=O) groups is 1. The number of hydrogen-bond acceptors (Lipinski definition) is 7. The Morgan fingerprint density at radius 2 is 1.76 bits per heavy atom. The van der Waals surface area contributed by atoms with Crippen LogP contribution in [0.25, 0.3) is 22.3 Å². The van der Waals surface area contributed by atoms with Crippen LogP contribution in [0, 0.1) is 6.92 Å². The number of para-hydroxylation sites is 2. The van der Waals surface area contributed by atoms with Crippen molar-refractivity contribution in [3.05, 3.63) is 81.6 Å². The molecule has 0 N–H and O–H groups in total. The highest BCUT2D eigenvalue weighted by molar-refractivity contribution is 5.87. The minimum Gasteiger partial charge on any atom is -0.496 e. The molecule has 3 aromatic carbocycles. The summed E-state index contributed by atoms with van der Waals surface area (Å²) in [7, 11) is 3.13. The van der Waals surface area contributed by atoms with Crippen molar-refractivity contribution in [1.29, 1.82) is 0 Å². The van der Waals surface area contributed by atoms with Crippen molar-refractivity contribution in [3.8, 4) is 28.6 Å². The van der Waals surface area contributed by atoms with E-state index in [1.54, 1.807) is 43.5 Å². The van der Waals surface area contributed by atoms with Crippen LogP contribution < -0.4 is 19.8 Å². The lowest BCUT2D eigenvalue weighted by molar-refractivity contribution is -0.132. The van der Waals surface area contributed by atoms with Crippen molar-refractivity contribution in [2.75, 3.05) is 14.2 Å². The molecule has 0 spiro atoms. The van der Waals surface area contributed by atoms with Gasteiger partial charge in [0.1, 0.15) is 5.75 Å². The fourth-order valence-electron chi connectivity index (χ4n) is 4.14. The molecule has 8 nitrogen and oxygen atoms in total. The number of hydrogen-bond donors (Lipinski definition) is 0. The maximum absolute atomic E-state index is 13.7. The Bertz CT molecular complexity index is 1570. The zero-order chi connectivity index (χ0) is 26.7. The summed E-state index contributed by atoms with van der Waals surface area (Å²) in [4.78, 5) is 30.2. The van der Waals surface area contributed by atoms with Crippen LogP contribution in [0.2, 0.25) is 0 Å². The van der Waals surface area contributed by atoms with Crippen LogP contribution in [0.1, 0.15) is 43.4 Å². The van der Waals surface area contributed by atoms with E-state index in [-0.39, 0.29) is 17.2 Å². The standard InChI is InChI=1S/C29H29N3O5/c1-17(2)22-15-23(18(3)14-26(22)36-6)28-31-24-12-8-7-11-21(24)29(34)32(28)30-16-20-10-9-13-25(35-5)27(20)37-19(4)33/h7-17H,1-6H3. The van der Waals surface area contributed by atoms with E-state index < -0.39 is 5.97 Å². The molecule has 0 bridgehead atoms. The van der Waals surface area contributed by atoms with Gasteiger partial charge in [-0.1, -0.05) is 32.0 Å². The molecule has 0 fully saturated rings. The number of methoxy groups -OCH3 is 2. The Morgan fingerprint density at radius 1 is 1.03 bits per heavy atom. The highest BCUT2D eigenvalue weighted by atomic mass is 16.6. The van der Waals surface area contributed by atoms with Crippen LogP contribution >= 0.6 is 0 Å². The predicted octanol–water partition coefficient (Wildman–Crippen LogP) is 5.32. The number of rotatable bonds is 7. The van der Waals surface area contributed by atoms with E-state index in [1.165, 1.54) is 24.9 Å². The number of ether oxygens (including phenoxy) is 3. The van der Waals surface area contributed by atoms with Gasteiger partial charge in [0, 0.05) is 18.1 Å². The van der Waals surface area contributed by atoms with Gasteiger partial charge in [0.15, 0.2) is 17.3 Å². The maximum Gasteiger partial charge on any atom is 0.308 e. The van der Waals surface area contributed by atoms with Gasteiger partial charge in [-0.25, -0.2) is 4.98 Å². The molecule has 0 saturated carbocycles. The fraction of sp³-hybridized carbons (Fsp3) is 0.241. The first-order valence-electron chi connectivity index (χ1n) is 11.9. The van der Waals surface area contributed by atoms with Gasteiger partial charge in [-0.2, -0.15) is 9.78 Å². The van der Waals surface area contributed by atoms with Crippen LogP contribution in [0.15, 0.2) is 64.5 Å². The maximum atomic E-state index is 13.7. The molecule has 1 heterocycles. The lowest BCUT2D eigenvalue weighted by atomic mass is 9.96. The van der Waals surface area contributed by atoms with Gasteiger partial charge in [0.25, 0.3) is 5.56 Å². The molecule has 1 aromatic heterocycles. The monoisotopic (exact) mass is 499 g/mol. The zero-order valence-corrected chi connectivity index (χ0v) is 21.7. The number of aryl methyl sites for hydroxylation is 1. The topological polar surface area (TPSA) is 92.0 Å². The van der Waals surface area contributed by atoms with E-state index >= 15 is 0 Å². The second-order valence-corrected chi connectivity index (χ2v) is 8.85. The molecule has 0 amide bonds. The third-order valence-corrected chi connectivity index (χ3v) is 5.98. The molecule has 0 aliphatic carbocycles. The summed E-state index contributed by atoms with van der Waals surface area (Å²) in [5, 5.41) is 4.98. The van der Waals surface area contributed by atoms with E-state index in [4.69, 9.17) is 19.2 Å². The second-order valence-electron chi connectivity index (χ2n) is 8.85. The fourth-order valence-corrected chi connectivity index (χ4v) is 4.14. The van der Waals surface area contributed by atoms with Crippen molar-refractivity contribution >= 4 is 23.1 Å². The molecule has 0 aliphatic rings. The molecule has 0 radical (unpaired) electrons. The minimum absolute atomic E-state index is 0.182. The SMILES string of the molecule is COc1cc(C)c(-c2nc3ccccc3c(=O)n2N=Cc2cccc(OC)c2OC(C)=O)cc1C(C)C. The van der Waals surface area contributed by atoms with Gasteiger partial charge in [-0.05, 0) is 60.4 Å². The van der Waals surface area contributed by atoms with Crippen molar-refractivity contribution in [3.63, 3.8) is 0 Å². The van der Waals surface area contributed by atoms with Gasteiger partial charge >= 0.3 is 5.97 Å². The summed E-state index contributed by atoms with van der Waals surface area (Å²) in [6.45, 7) is 7.41. The molecule has 0 aliphatic heterocycles. The van der Waals surface area contributed by atoms with E-state index in [9.17, 15) is 9.59 Å². The molecule has 4 rings (SSSR count). The average Bonchev–Trinajstić information content (AvgIpc) is 2.88. The normalized spacial score (nSPS) is 11.3. The third kappa shape index (κ3) is 5.09. The first kappa shape index (κ1) is 25.6. The summed E-state index contributed by atoms with van der Waals surface area (Å²) in [5.74, 6) is 1.43. The molecule has 0 unspecified atom stereocenters. The molecular weight excluding hydrogens is 470 g/mol. The zero-order valence-electron chi connectivity index (χ0n) is 21.7. The van der Waals surface area contributed by atoms with Gasteiger partial charge in [-0.15, -0.1) is 0 Å². The smallest absolute Gasteiger partial charge is 0.308 e. The van der Waals surface area contributed by atoms with E-state index in [0.717, 1.165) is 22.4 Å². The van der Waals surface area contributed by atoms with Crippen molar-refractivity contribution in [2.45, 2.75) is 33.6 Å². The number of fused-ring (bicyclic) bond motifs is 1. The third-order valence-electron chi connectivity index (χ3n) is 5.98. The number of nitrogens with zero attached hydrogens (tertiary/aromatic N) is 3. The summed E-state index contributed by atoms with van der Waals surface area (Å²) >= 11 is 0. The highest BCUT2D eigenvalue weighted by Gasteiger charge is 2.19. The molecule has 0 saturated heterocycles. The van der Waals surface area contributed by atoms with Crippen LogP contribution in [0.5, 0.6) is 17.2 Å².